The number of aryl methyl sites for hydroxylation is 1. The van der Waals surface area contributed by atoms with E-state index in [9.17, 15) is 4.79 Å². The molecule has 0 bridgehead atoms. The predicted molar refractivity (Wildman–Crippen MR) is 76.2 cm³/mol. The van der Waals surface area contributed by atoms with E-state index < -0.39 is 0 Å². The van der Waals surface area contributed by atoms with Gasteiger partial charge in [-0.15, -0.1) is 0 Å². The highest BCUT2D eigenvalue weighted by molar-refractivity contribution is 9.10. The van der Waals surface area contributed by atoms with Crippen molar-refractivity contribution in [2.75, 3.05) is 6.54 Å². The lowest BCUT2D eigenvalue weighted by Gasteiger charge is -2.06. The number of hydrogen-bond donors (Lipinski definition) is 1. The van der Waals surface area contributed by atoms with E-state index in [2.05, 4.69) is 31.2 Å². The monoisotopic (exact) mass is 342 g/mol. The number of imidazole rings is 1. The lowest BCUT2D eigenvalue weighted by atomic mass is 10.2. The molecule has 2 aromatic heterocycles. The lowest BCUT2D eigenvalue weighted by molar-refractivity contribution is 0.0953. The number of carbonyl (C=O) groups excluding carboxylic acids is 1. The number of nitrogens with zero attached hydrogens (tertiary/aromatic N) is 3. The van der Waals surface area contributed by atoms with Crippen LogP contribution in [0, 0.1) is 0 Å². The molecule has 0 radical (unpaired) electrons. The van der Waals surface area contributed by atoms with Crippen LogP contribution in [0.3, 0.4) is 0 Å². The van der Waals surface area contributed by atoms with Crippen LogP contribution < -0.4 is 5.32 Å². The number of carbonyl (C=O) groups is 1. The molecule has 5 nitrogen and oxygen atoms in total. The maximum Gasteiger partial charge on any atom is 0.254 e. The zero-order valence-corrected chi connectivity index (χ0v) is 12.6. The summed E-state index contributed by atoms with van der Waals surface area (Å²) < 4.78 is 2.63. The third kappa shape index (κ3) is 3.54. The molecular weight excluding hydrogens is 332 g/mol. The van der Waals surface area contributed by atoms with Crippen LogP contribution in [-0.4, -0.2) is 27.0 Å². The molecule has 19 heavy (non-hydrogen) atoms. The van der Waals surface area contributed by atoms with E-state index in [-0.39, 0.29) is 11.1 Å². The maximum atomic E-state index is 11.9. The van der Waals surface area contributed by atoms with Gasteiger partial charge in [-0.25, -0.2) is 9.97 Å². The average molecular weight is 344 g/mol. The van der Waals surface area contributed by atoms with Crippen molar-refractivity contribution in [3.8, 4) is 0 Å². The summed E-state index contributed by atoms with van der Waals surface area (Å²) in [7, 11) is 1.92. The zero-order valence-electron chi connectivity index (χ0n) is 10.2. The van der Waals surface area contributed by atoms with Gasteiger partial charge in [-0.3, -0.25) is 4.79 Å². The summed E-state index contributed by atoms with van der Waals surface area (Å²) in [5, 5.41) is 2.99. The number of aromatic nitrogens is 3. The second kappa shape index (κ2) is 6.16. The topological polar surface area (TPSA) is 59.8 Å². The Kier molecular flexibility index (Phi) is 4.55. The molecular formula is C12H12BrClN4O. The van der Waals surface area contributed by atoms with Gasteiger partial charge in [-0.2, -0.15) is 0 Å². The van der Waals surface area contributed by atoms with E-state index in [0.29, 0.717) is 23.0 Å². The Labute approximate surface area is 124 Å². The number of halogens is 2. The highest BCUT2D eigenvalue weighted by atomic mass is 79.9. The van der Waals surface area contributed by atoms with Crippen LogP contribution in [0.25, 0.3) is 0 Å². The van der Waals surface area contributed by atoms with Gasteiger partial charge in [-0.05, 0) is 22.0 Å². The average Bonchev–Trinajstić information content (AvgIpc) is 2.78. The van der Waals surface area contributed by atoms with Crippen molar-refractivity contribution in [3.05, 3.63) is 45.7 Å². The molecule has 0 atom stereocenters. The molecule has 1 amide bonds. The van der Waals surface area contributed by atoms with Crippen molar-refractivity contribution in [2.45, 2.75) is 6.42 Å². The molecule has 0 aliphatic rings. The SMILES string of the molecule is Cn1ccnc1CCNC(=O)c1cc(Br)cnc1Cl. The smallest absolute Gasteiger partial charge is 0.254 e. The quantitative estimate of drug-likeness (QED) is 0.866. The van der Waals surface area contributed by atoms with Gasteiger partial charge in [0.05, 0.1) is 5.56 Å². The van der Waals surface area contributed by atoms with Crippen LogP contribution in [0.4, 0.5) is 0 Å². The second-order valence-corrected chi connectivity index (χ2v) is 5.23. The van der Waals surface area contributed by atoms with Crippen molar-refractivity contribution in [3.63, 3.8) is 0 Å². The zero-order chi connectivity index (χ0) is 13.8. The fourth-order valence-electron chi connectivity index (χ4n) is 1.60. The summed E-state index contributed by atoms with van der Waals surface area (Å²) in [6, 6.07) is 1.64. The molecule has 100 valence electrons. The van der Waals surface area contributed by atoms with E-state index in [1.165, 1.54) is 0 Å². The normalized spacial score (nSPS) is 10.5. The van der Waals surface area contributed by atoms with Gasteiger partial charge in [0.25, 0.3) is 5.91 Å². The first-order valence-corrected chi connectivity index (χ1v) is 6.80. The molecule has 1 N–H and O–H groups in total. The summed E-state index contributed by atoms with van der Waals surface area (Å²) in [4.78, 5) is 20.0. The van der Waals surface area contributed by atoms with Gasteiger partial charge in [0, 0.05) is 43.1 Å². The number of hydrogen-bond acceptors (Lipinski definition) is 3. The van der Waals surface area contributed by atoms with Crippen LogP contribution in [0.1, 0.15) is 16.2 Å². The van der Waals surface area contributed by atoms with Gasteiger partial charge in [0.2, 0.25) is 0 Å². The van der Waals surface area contributed by atoms with Gasteiger partial charge >= 0.3 is 0 Å². The Hall–Kier alpha value is -1.40. The maximum absolute atomic E-state index is 11.9. The molecule has 2 heterocycles. The molecule has 0 aromatic carbocycles. The summed E-state index contributed by atoms with van der Waals surface area (Å²) in [6.07, 6.45) is 5.81. The van der Waals surface area contributed by atoms with E-state index >= 15 is 0 Å². The number of rotatable bonds is 4. The molecule has 2 rings (SSSR count). The summed E-state index contributed by atoms with van der Waals surface area (Å²) in [6.45, 7) is 0.493. The minimum absolute atomic E-state index is 0.192. The van der Waals surface area contributed by atoms with Gasteiger partial charge in [0.1, 0.15) is 11.0 Å². The van der Waals surface area contributed by atoms with Crippen LogP contribution in [0.5, 0.6) is 0 Å². The molecule has 7 heteroatoms. The van der Waals surface area contributed by atoms with Crippen LogP contribution in [-0.2, 0) is 13.5 Å². The third-order valence-electron chi connectivity index (χ3n) is 2.61. The third-order valence-corrected chi connectivity index (χ3v) is 3.34. The molecule has 0 fully saturated rings. The van der Waals surface area contributed by atoms with Gasteiger partial charge in [0.15, 0.2) is 0 Å². The first kappa shape index (κ1) is 14.0. The van der Waals surface area contributed by atoms with Crippen LogP contribution in [0.2, 0.25) is 5.15 Å². The molecule has 2 aromatic rings. The molecule has 0 aliphatic carbocycles. The van der Waals surface area contributed by atoms with E-state index in [1.807, 2.05) is 17.8 Å². The van der Waals surface area contributed by atoms with Crippen molar-refractivity contribution in [1.29, 1.82) is 0 Å². The van der Waals surface area contributed by atoms with Gasteiger partial charge < -0.3 is 9.88 Å². The molecule has 0 saturated carbocycles. The summed E-state index contributed by atoms with van der Waals surface area (Å²) >= 11 is 9.14. The fraction of sp³-hybridized carbons (Fsp3) is 0.250. The molecule has 0 aliphatic heterocycles. The fourth-order valence-corrected chi connectivity index (χ4v) is 2.12. The first-order chi connectivity index (χ1) is 9.08. The van der Waals surface area contributed by atoms with Crippen molar-refractivity contribution >= 4 is 33.4 Å². The van der Waals surface area contributed by atoms with E-state index in [4.69, 9.17) is 11.6 Å². The van der Waals surface area contributed by atoms with E-state index in [1.54, 1.807) is 18.5 Å². The largest absolute Gasteiger partial charge is 0.351 e. The van der Waals surface area contributed by atoms with Crippen molar-refractivity contribution < 1.29 is 4.79 Å². The first-order valence-electron chi connectivity index (χ1n) is 5.63. The number of amides is 1. The Balaban J connectivity index is 1.94. The highest BCUT2D eigenvalue weighted by Crippen LogP contribution is 2.17. The highest BCUT2D eigenvalue weighted by Gasteiger charge is 2.11. The second-order valence-electron chi connectivity index (χ2n) is 3.95. The van der Waals surface area contributed by atoms with Crippen LogP contribution >= 0.6 is 27.5 Å². The van der Waals surface area contributed by atoms with Crippen LogP contribution in [0.15, 0.2) is 29.1 Å². The molecule has 0 spiro atoms. The number of pyridine rings is 1. The molecule has 0 unspecified atom stereocenters. The Morgan fingerprint density at radius 3 is 3.00 bits per heavy atom. The van der Waals surface area contributed by atoms with Crippen molar-refractivity contribution in [1.82, 2.24) is 19.9 Å². The number of nitrogens with one attached hydrogen (secondary N) is 1. The predicted octanol–water partition coefficient (Wildman–Crippen LogP) is 2.20. The summed E-state index contributed by atoms with van der Waals surface area (Å²) in [5.41, 5.74) is 0.357. The Bertz CT molecular complexity index is 599. The lowest BCUT2D eigenvalue weighted by Crippen LogP contribution is -2.26. The Morgan fingerprint density at radius 1 is 1.53 bits per heavy atom. The Morgan fingerprint density at radius 2 is 2.32 bits per heavy atom. The summed E-state index contributed by atoms with van der Waals surface area (Å²) in [5.74, 6) is 0.673. The van der Waals surface area contributed by atoms with Gasteiger partial charge in [-0.1, -0.05) is 11.6 Å². The van der Waals surface area contributed by atoms with Crippen molar-refractivity contribution in [2.24, 2.45) is 7.05 Å². The minimum atomic E-state index is -0.243. The standard InChI is InChI=1S/C12H12BrClN4O/c1-18-5-4-15-10(18)2-3-16-12(19)9-6-8(13)7-17-11(9)14/h4-7H,2-3H2,1H3,(H,16,19). The minimum Gasteiger partial charge on any atom is -0.351 e. The van der Waals surface area contributed by atoms with E-state index in [0.717, 1.165) is 5.82 Å². The molecule has 0 saturated heterocycles.